The van der Waals surface area contributed by atoms with Crippen LogP contribution in [0.5, 0.6) is 0 Å². The largest absolute Gasteiger partial charge is 0.326 e. The molecule has 1 N–H and O–H groups in total. The highest BCUT2D eigenvalue weighted by molar-refractivity contribution is 5.93. The van der Waals surface area contributed by atoms with Gasteiger partial charge in [-0.2, -0.15) is 0 Å². The smallest absolute Gasteiger partial charge is 0.229 e. The van der Waals surface area contributed by atoms with Crippen LogP contribution in [-0.4, -0.2) is 30.9 Å². The van der Waals surface area contributed by atoms with Crippen molar-refractivity contribution in [1.29, 1.82) is 0 Å². The summed E-state index contributed by atoms with van der Waals surface area (Å²) in [5.74, 6) is 0.743. The van der Waals surface area contributed by atoms with Crippen LogP contribution >= 0.6 is 0 Å². The summed E-state index contributed by atoms with van der Waals surface area (Å²) in [4.78, 5) is 14.6. The molecule has 1 amide bonds. The Bertz CT molecular complexity index is 498. The fourth-order valence-electron chi connectivity index (χ4n) is 3.43. The van der Waals surface area contributed by atoms with Gasteiger partial charge in [-0.05, 0) is 55.5 Å². The highest BCUT2D eigenvalue weighted by atomic mass is 16.2. The number of rotatable bonds is 2. The molecule has 3 heteroatoms. The van der Waals surface area contributed by atoms with Gasteiger partial charge < -0.3 is 10.2 Å². The molecule has 0 saturated carbocycles. The molecule has 2 atom stereocenters. The molecule has 0 aromatic heterocycles. The van der Waals surface area contributed by atoms with Gasteiger partial charge in [0.25, 0.3) is 0 Å². The third-order valence-electron chi connectivity index (χ3n) is 4.50. The van der Waals surface area contributed by atoms with Crippen LogP contribution in [-0.2, 0) is 17.6 Å². The van der Waals surface area contributed by atoms with E-state index in [-0.39, 0.29) is 11.8 Å². The van der Waals surface area contributed by atoms with E-state index >= 15 is 0 Å². The molecule has 0 spiro atoms. The summed E-state index contributed by atoms with van der Waals surface area (Å²) in [7, 11) is 2.08. The first-order valence-corrected chi connectivity index (χ1v) is 7.24. The Hall–Kier alpha value is -1.35. The second-order valence-electron chi connectivity index (χ2n) is 6.13. The third-order valence-corrected chi connectivity index (χ3v) is 4.50. The summed E-state index contributed by atoms with van der Waals surface area (Å²) in [5.41, 5.74) is 3.83. The number of anilines is 1. The molecule has 0 bridgehead atoms. The maximum atomic E-state index is 12.3. The molecule has 19 heavy (non-hydrogen) atoms. The van der Waals surface area contributed by atoms with Crippen LogP contribution in [0.3, 0.4) is 0 Å². The van der Waals surface area contributed by atoms with E-state index < -0.39 is 0 Å². The zero-order chi connectivity index (χ0) is 13.4. The van der Waals surface area contributed by atoms with Crippen LogP contribution in [0.25, 0.3) is 0 Å². The standard InChI is InChI=1S/C16H22N2O/c1-11-9-18(2)10-15(11)16(19)17-14-7-6-12-4-3-5-13(12)8-14/h6-8,11,15H,3-5,9-10H2,1-2H3,(H,17,19)/t11-,15-/m1/s1. The van der Waals surface area contributed by atoms with E-state index in [9.17, 15) is 4.79 Å². The first-order valence-electron chi connectivity index (χ1n) is 7.24. The minimum absolute atomic E-state index is 0.123. The Balaban J connectivity index is 1.69. The van der Waals surface area contributed by atoms with E-state index in [2.05, 4.69) is 36.3 Å². The van der Waals surface area contributed by atoms with E-state index in [1.165, 1.54) is 24.0 Å². The van der Waals surface area contributed by atoms with Gasteiger partial charge in [-0.25, -0.2) is 0 Å². The Labute approximate surface area is 115 Å². The average Bonchev–Trinajstić information content (AvgIpc) is 2.94. The number of hydrogen-bond acceptors (Lipinski definition) is 2. The van der Waals surface area contributed by atoms with Crippen molar-refractivity contribution in [2.75, 3.05) is 25.5 Å². The predicted molar refractivity (Wildman–Crippen MR) is 77.2 cm³/mol. The van der Waals surface area contributed by atoms with Gasteiger partial charge in [0.05, 0.1) is 5.92 Å². The summed E-state index contributed by atoms with van der Waals surface area (Å²) in [6.07, 6.45) is 3.59. The van der Waals surface area contributed by atoms with Gasteiger partial charge >= 0.3 is 0 Å². The van der Waals surface area contributed by atoms with Gasteiger partial charge in [0.2, 0.25) is 5.91 Å². The normalized spacial score (nSPS) is 26.4. The third kappa shape index (κ3) is 2.52. The van der Waals surface area contributed by atoms with E-state index in [0.29, 0.717) is 5.92 Å². The first-order chi connectivity index (χ1) is 9.13. The second-order valence-corrected chi connectivity index (χ2v) is 6.13. The van der Waals surface area contributed by atoms with Crippen molar-refractivity contribution in [3.05, 3.63) is 29.3 Å². The van der Waals surface area contributed by atoms with E-state index in [1.807, 2.05) is 6.07 Å². The zero-order valence-corrected chi connectivity index (χ0v) is 11.8. The number of carbonyl (C=O) groups is 1. The van der Waals surface area contributed by atoms with Crippen LogP contribution in [0.15, 0.2) is 18.2 Å². The Morgan fingerprint density at radius 2 is 2.05 bits per heavy atom. The van der Waals surface area contributed by atoms with E-state index in [4.69, 9.17) is 0 Å². The first kappa shape index (κ1) is 12.7. The SMILES string of the molecule is C[C@@H]1CN(C)C[C@H]1C(=O)Nc1ccc2c(c1)CCC2. The minimum atomic E-state index is 0.123. The van der Waals surface area contributed by atoms with Crippen molar-refractivity contribution >= 4 is 11.6 Å². The van der Waals surface area contributed by atoms with Gasteiger partial charge in [-0.1, -0.05) is 13.0 Å². The molecule has 0 radical (unpaired) electrons. The van der Waals surface area contributed by atoms with Crippen molar-refractivity contribution < 1.29 is 4.79 Å². The number of likely N-dealkylation sites (tertiary alicyclic amines) is 1. The number of nitrogens with one attached hydrogen (secondary N) is 1. The fourth-order valence-corrected chi connectivity index (χ4v) is 3.43. The lowest BCUT2D eigenvalue weighted by Crippen LogP contribution is -2.28. The lowest BCUT2D eigenvalue weighted by Gasteiger charge is -2.15. The lowest BCUT2D eigenvalue weighted by molar-refractivity contribution is -0.120. The lowest BCUT2D eigenvalue weighted by atomic mass is 9.97. The number of benzene rings is 1. The molecule has 3 rings (SSSR count). The highest BCUT2D eigenvalue weighted by Crippen LogP contribution is 2.27. The van der Waals surface area contributed by atoms with Crippen molar-refractivity contribution in [1.82, 2.24) is 4.90 Å². The van der Waals surface area contributed by atoms with E-state index in [0.717, 1.165) is 25.2 Å². The molecule has 1 aliphatic carbocycles. The topological polar surface area (TPSA) is 32.3 Å². The van der Waals surface area contributed by atoms with Crippen LogP contribution in [0.4, 0.5) is 5.69 Å². The van der Waals surface area contributed by atoms with Gasteiger partial charge in [0.1, 0.15) is 0 Å². The maximum Gasteiger partial charge on any atom is 0.229 e. The Morgan fingerprint density at radius 3 is 2.79 bits per heavy atom. The number of nitrogens with zero attached hydrogens (tertiary/aromatic N) is 1. The second kappa shape index (κ2) is 4.97. The molecule has 0 unspecified atom stereocenters. The molecule has 102 valence electrons. The summed E-state index contributed by atoms with van der Waals surface area (Å²) < 4.78 is 0. The molecule has 1 aromatic rings. The number of amides is 1. The summed E-state index contributed by atoms with van der Waals surface area (Å²) in [5, 5.41) is 3.10. The van der Waals surface area contributed by atoms with Crippen molar-refractivity contribution in [3.63, 3.8) is 0 Å². The van der Waals surface area contributed by atoms with Crippen LogP contribution in [0.1, 0.15) is 24.5 Å². The molecule has 2 aliphatic rings. The van der Waals surface area contributed by atoms with Crippen LogP contribution in [0, 0.1) is 11.8 Å². The number of carbonyl (C=O) groups excluding carboxylic acids is 1. The molecular weight excluding hydrogens is 236 g/mol. The maximum absolute atomic E-state index is 12.3. The van der Waals surface area contributed by atoms with Crippen LogP contribution < -0.4 is 5.32 Å². The Kier molecular flexibility index (Phi) is 3.31. The number of fused-ring (bicyclic) bond motifs is 1. The molecule has 1 aromatic carbocycles. The van der Waals surface area contributed by atoms with Crippen molar-refractivity contribution in [3.8, 4) is 0 Å². The average molecular weight is 258 g/mol. The predicted octanol–water partition coefficient (Wildman–Crippen LogP) is 2.31. The van der Waals surface area contributed by atoms with E-state index in [1.54, 1.807) is 0 Å². The molecule has 1 heterocycles. The van der Waals surface area contributed by atoms with Crippen LogP contribution in [0.2, 0.25) is 0 Å². The molecule has 1 saturated heterocycles. The van der Waals surface area contributed by atoms with Crippen molar-refractivity contribution in [2.45, 2.75) is 26.2 Å². The van der Waals surface area contributed by atoms with Crippen molar-refractivity contribution in [2.24, 2.45) is 11.8 Å². The van der Waals surface area contributed by atoms with Gasteiger partial charge in [-0.15, -0.1) is 0 Å². The molecule has 3 nitrogen and oxygen atoms in total. The summed E-state index contributed by atoms with van der Waals surface area (Å²) >= 11 is 0. The summed E-state index contributed by atoms with van der Waals surface area (Å²) in [6.45, 7) is 4.05. The quantitative estimate of drug-likeness (QED) is 0.883. The minimum Gasteiger partial charge on any atom is -0.326 e. The Morgan fingerprint density at radius 1 is 1.26 bits per heavy atom. The molecule has 1 fully saturated rings. The number of aryl methyl sites for hydroxylation is 2. The highest BCUT2D eigenvalue weighted by Gasteiger charge is 2.32. The van der Waals surface area contributed by atoms with Gasteiger partial charge in [-0.3, -0.25) is 4.79 Å². The molecular formula is C16H22N2O. The zero-order valence-electron chi connectivity index (χ0n) is 11.8. The number of hydrogen-bond donors (Lipinski definition) is 1. The summed E-state index contributed by atoms with van der Waals surface area (Å²) in [6, 6.07) is 6.37. The van der Waals surface area contributed by atoms with Gasteiger partial charge in [0, 0.05) is 18.8 Å². The molecule has 1 aliphatic heterocycles. The monoisotopic (exact) mass is 258 g/mol. The fraction of sp³-hybridized carbons (Fsp3) is 0.562. The van der Waals surface area contributed by atoms with Gasteiger partial charge in [0.15, 0.2) is 0 Å².